The van der Waals surface area contributed by atoms with Crippen LogP contribution in [0.25, 0.3) is 0 Å². The third-order valence-electron chi connectivity index (χ3n) is 5.16. The number of rotatable bonds is 2. The molecule has 2 fully saturated rings. The van der Waals surface area contributed by atoms with Crippen molar-refractivity contribution in [3.63, 3.8) is 0 Å². The summed E-state index contributed by atoms with van der Waals surface area (Å²) in [6.07, 6.45) is 4.90. The van der Waals surface area contributed by atoms with Gasteiger partial charge in [0.25, 0.3) is 0 Å². The molecule has 1 aliphatic heterocycles. The molecule has 2 aliphatic rings. The smallest absolute Gasteiger partial charge is 0.0781 e. The van der Waals surface area contributed by atoms with Gasteiger partial charge < -0.3 is 15.1 Å². The van der Waals surface area contributed by atoms with Crippen molar-refractivity contribution in [1.29, 1.82) is 0 Å². The summed E-state index contributed by atoms with van der Waals surface area (Å²) in [6.45, 7) is 3.62. The van der Waals surface area contributed by atoms with Crippen molar-refractivity contribution in [2.75, 3.05) is 18.0 Å². The van der Waals surface area contributed by atoms with Crippen molar-refractivity contribution in [2.24, 2.45) is 5.92 Å². The van der Waals surface area contributed by atoms with E-state index in [1.54, 1.807) is 0 Å². The summed E-state index contributed by atoms with van der Waals surface area (Å²) in [5.41, 5.74) is 1.69. The number of hydrogen-bond acceptors (Lipinski definition) is 3. The fourth-order valence-corrected chi connectivity index (χ4v) is 3.92. The first-order chi connectivity index (χ1) is 9.60. The normalized spacial score (nSPS) is 31.8. The standard InChI is InChI=1S/C17H25NO2/c1-13(19)15-7-2-3-8-16(15)18-11-10-17(20)9-5-4-6-14(17)12-18/h2-3,7-8,13-14,19-20H,4-6,9-12H2,1H3/t13-,14?,17?/m1/s1. The molecule has 0 spiro atoms. The van der Waals surface area contributed by atoms with Gasteiger partial charge in [-0.25, -0.2) is 0 Å². The lowest BCUT2D eigenvalue weighted by atomic mass is 9.71. The molecular weight excluding hydrogens is 250 g/mol. The summed E-state index contributed by atoms with van der Waals surface area (Å²) in [7, 11) is 0. The Hall–Kier alpha value is -1.06. The van der Waals surface area contributed by atoms with Crippen LogP contribution in [-0.2, 0) is 0 Å². The maximum atomic E-state index is 10.8. The summed E-state index contributed by atoms with van der Waals surface area (Å²) in [5, 5.41) is 20.7. The van der Waals surface area contributed by atoms with Crippen molar-refractivity contribution < 1.29 is 10.2 Å². The zero-order valence-corrected chi connectivity index (χ0v) is 12.3. The van der Waals surface area contributed by atoms with E-state index >= 15 is 0 Å². The molecule has 3 rings (SSSR count). The molecule has 3 nitrogen and oxygen atoms in total. The van der Waals surface area contributed by atoms with E-state index in [-0.39, 0.29) is 0 Å². The highest BCUT2D eigenvalue weighted by molar-refractivity contribution is 5.55. The number of benzene rings is 1. The third kappa shape index (κ3) is 2.45. The lowest BCUT2D eigenvalue weighted by Gasteiger charge is -2.48. The van der Waals surface area contributed by atoms with E-state index in [0.29, 0.717) is 5.92 Å². The Labute approximate surface area is 121 Å². The van der Waals surface area contributed by atoms with Gasteiger partial charge in [-0.2, -0.15) is 0 Å². The lowest BCUT2D eigenvalue weighted by Crippen LogP contribution is -2.53. The van der Waals surface area contributed by atoms with Gasteiger partial charge in [-0.3, -0.25) is 0 Å². The lowest BCUT2D eigenvalue weighted by molar-refractivity contribution is -0.0613. The minimum Gasteiger partial charge on any atom is -0.389 e. The van der Waals surface area contributed by atoms with Crippen molar-refractivity contribution in [2.45, 2.75) is 50.7 Å². The van der Waals surface area contributed by atoms with Crippen LogP contribution in [0.1, 0.15) is 50.7 Å². The molecule has 1 heterocycles. The molecule has 2 N–H and O–H groups in total. The molecule has 110 valence electrons. The quantitative estimate of drug-likeness (QED) is 0.872. The Morgan fingerprint density at radius 3 is 2.85 bits per heavy atom. The van der Waals surface area contributed by atoms with Crippen LogP contribution in [0.5, 0.6) is 0 Å². The molecule has 1 saturated heterocycles. The predicted octanol–water partition coefficient (Wildman–Crippen LogP) is 2.87. The van der Waals surface area contributed by atoms with E-state index in [0.717, 1.165) is 50.0 Å². The molecule has 3 atom stereocenters. The fraction of sp³-hybridized carbons (Fsp3) is 0.647. The minimum atomic E-state index is -0.446. The molecule has 0 radical (unpaired) electrons. The number of nitrogens with zero attached hydrogens (tertiary/aromatic N) is 1. The topological polar surface area (TPSA) is 43.7 Å². The highest BCUT2D eigenvalue weighted by Crippen LogP contribution is 2.41. The number of fused-ring (bicyclic) bond motifs is 1. The second-order valence-electron chi connectivity index (χ2n) is 6.48. The Balaban J connectivity index is 1.83. The fourth-order valence-electron chi connectivity index (χ4n) is 3.92. The summed E-state index contributed by atoms with van der Waals surface area (Å²) in [5.74, 6) is 0.382. The average molecular weight is 275 g/mol. The predicted molar refractivity (Wildman–Crippen MR) is 80.8 cm³/mol. The summed E-state index contributed by atoms with van der Waals surface area (Å²) < 4.78 is 0. The molecule has 20 heavy (non-hydrogen) atoms. The van der Waals surface area contributed by atoms with Crippen LogP contribution in [0.3, 0.4) is 0 Å². The molecule has 1 aromatic rings. The SMILES string of the molecule is C[C@@H](O)c1ccccc1N1CCC2(O)CCCCC2C1. The van der Waals surface area contributed by atoms with E-state index in [1.165, 1.54) is 6.42 Å². The van der Waals surface area contributed by atoms with Crippen LogP contribution in [0.4, 0.5) is 5.69 Å². The summed E-state index contributed by atoms with van der Waals surface area (Å²) in [4.78, 5) is 2.35. The summed E-state index contributed by atoms with van der Waals surface area (Å²) >= 11 is 0. The molecule has 1 aliphatic carbocycles. The van der Waals surface area contributed by atoms with Gasteiger partial charge in [0.05, 0.1) is 11.7 Å². The third-order valence-corrected chi connectivity index (χ3v) is 5.16. The van der Waals surface area contributed by atoms with Crippen LogP contribution in [0.2, 0.25) is 0 Å². The van der Waals surface area contributed by atoms with Gasteiger partial charge in [-0.15, -0.1) is 0 Å². The summed E-state index contributed by atoms with van der Waals surface area (Å²) in [6, 6.07) is 8.10. The molecule has 1 aromatic carbocycles. The van der Waals surface area contributed by atoms with Crippen LogP contribution in [0.15, 0.2) is 24.3 Å². The first kappa shape index (κ1) is 13.9. The Kier molecular flexibility index (Phi) is 3.74. The van der Waals surface area contributed by atoms with Gasteiger partial charge in [-0.1, -0.05) is 31.0 Å². The largest absolute Gasteiger partial charge is 0.389 e. The monoisotopic (exact) mass is 275 g/mol. The molecule has 0 aromatic heterocycles. The van der Waals surface area contributed by atoms with E-state index in [2.05, 4.69) is 11.0 Å². The second kappa shape index (κ2) is 5.38. The van der Waals surface area contributed by atoms with Gasteiger partial charge in [0.1, 0.15) is 0 Å². The molecule has 3 heteroatoms. The minimum absolute atomic E-state index is 0.382. The van der Waals surface area contributed by atoms with Crippen LogP contribution < -0.4 is 4.90 Å². The number of anilines is 1. The molecular formula is C17H25NO2. The Morgan fingerprint density at radius 2 is 2.05 bits per heavy atom. The van der Waals surface area contributed by atoms with Crippen molar-refractivity contribution >= 4 is 5.69 Å². The first-order valence-corrected chi connectivity index (χ1v) is 7.84. The van der Waals surface area contributed by atoms with Crippen molar-refractivity contribution in [3.05, 3.63) is 29.8 Å². The van der Waals surface area contributed by atoms with Gasteiger partial charge in [0.15, 0.2) is 0 Å². The number of hydrogen-bond donors (Lipinski definition) is 2. The number of aliphatic hydroxyl groups excluding tert-OH is 1. The Bertz CT molecular complexity index is 474. The zero-order chi connectivity index (χ0) is 14.2. The van der Waals surface area contributed by atoms with Crippen molar-refractivity contribution in [3.8, 4) is 0 Å². The first-order valence-electron chi connectivity index (χ1n) is 7.84. The number of aliphatic hydroxyl groups is 2. The van der Waals surface area contributed by atoms with E-state index in [9.17, 15) is 10.2 Å². The molecule has 1 saturated carbocycles. The van der Waals surface area contributed by atoms with E-state index in [1.807, 2.05) is 25.1 Å². The van der Waals surface area contributed by atoms with Crippen LogP contribution in [-0.4, -0.2) is 28.9 Å². The van der Waals surface area contributed by atoms with Crippen molar-refractivity contribution in [1.82, 2.24) is 0 Å². The molecule has 0 amide bonds. The average Bonchev–Trinajstić information content (AvgIpc) is 2.46. The van der Waals surface area contributed by atoms with Crippen LogP contribution >= 0.6 is 0 Å². The van der Waals surface area contributed by atoms with Gasteiger partial charge in [0.2, 0.25) is 0 Å². The van der Waals surface area contributed by atoms with Gasteiger partial charge in [0, 0.05) is 30.3 Å². The van der Waals surface area contributed by atoms with E-state index < -0.39 is 11.7 Å². The number of piperidine rings is 1. The maximum Gasteiger partial charge on any atom is 0.0781 e. The zero-order valence-electron chi connectivity index (χ0n) is 12.3. The van der Waals surface area contributed by atoms with E-state index in [4.69, 9.17) is 0 Å². The second-order valence-corrected chi connectivity index (χ2v) is 6.48. The van der Waals surface area contributed by atoms with Crippen LogP contribution in [0, 0.1) is 5.92 Å². The highest BCUT2D eigenvalue weighted by atomic mass is 16.3. The highest BCUT2D eigenvalue weighted by Gasteiger charge is 2.43. The maximum absolute atomic E-state index is 10.8. The van der Waals surface area contributed by atoms with Gasteiger partial charge in [-0.05, 0) is 32.3 Å². The number of para-hydroxylation sites is 1. The molecule has 2 unspecified atom stereocenters. The molecule has 0 bridgehead atoms. The Morgan fingerprint density at radius 1 is 1.25 bits per heavy atom. The van der Waals surface area contributed by atoms with Gasteiger partial charge >= 0.3 is 0 Å².